The van der Waals surface area contributed by atoms with Gasteiger partial charge in [0.15, 0.2) is 0 Å². The van der Waals surface area contributed by atoms with Crippen molar-refractivity contribution in [3.8, 4) is 0 Å². The molecule has 3 nitrogen and oxygen atoms in total. The quantitative estimate of drug-likeness (QED) is 0.734. The molecule has 0 atom stereocenters. The normalized spacial score (nSPS) is 15.2. The molecule has 0 radical (unpaired) electrons. The third-order valence-corrected chi connectivity index (χ3v) is 2.48. The summed E-state index contributed by atoms with van der Waals surface area (Å²) < 4.78 is 0. The van der Waals surface area contributed by atoms with Crippen LogP contribution in [0.5, 0.6) is 0 Å². The van der Waals surface area contributed by atoms with Gasteiger partial charge in [-0.3, -0.25) is 14.9 Å². The molecule has 76 valence electrons. The van der Waals surface area contributed by atoms with E-state index < -0.39 is 0 Å². The van der Waals surface area contributed by atoms with Crippen molar-refractivity contribution < 1.29 is 9.59 Å². The number of benzene rings is 1. The van der Waals surface area contributed by atoms with Crippen LogP contribution >= 0.6 is 11.6 Å². The summed E-state index contributed by atoms with van der Waals surface area (Å²) in [5.41, 5.74) is 1.99. The van der Waals surface area contributed by atoms with E-state index in [1.54, 1.807) is 12.1 Å². The Hall–Kier alpha value is -1.61. The second kappa shape index (κ2) is 3.51. The van der Waals surface area contributed by atoms with Crippen LogP contribution in [0.2, 0.25) is 5.02 Å². The Morgan fingerprint density at radius 3 is 2.60 bits per heavy atom. The molecule has 1 N–H and O–H groups in total. The van der Waals surface area contributed by atoms with Crippen molar-refractivity contribution >= 4 is 29.0 Å². The van der Waals surface area contributed by atoms with Gasteiger partial charge in [0.1, 0.15) is 0 Å². The summed E-state index contributed by atoms with van der Waals surface area (Å²) in [5, 5.41) is 2.74. The molecule has 0 unspecified atom stereocenters. The number of hydrogen-bond donors (Lipinski definition) is 1. The number of nitrogens with one attached hydrogen (secondary N) is 1. The maximum atomic E-state index is 11.4. The van der Waals surface area contributed by atoms with E-state index in [4.69, 9.17) is 11.6 Å². The Morgan fingerprint density at radius 2 is 2.00 bits per heavy atom. The van der Waals surface area contributed by atoms with Gasteiger partial charge >= 0.3 is 0 Å². The first-order valence-corrected chi connectivity index (χ1v) is 4.79. The number of rotatable bonds is 1. The van der Waals surface area contributed by atoms with E-state index in [1.165, 1.54) is 6.08 Å². The SMILES string of the molecule is Cc1ccc(Cl)cc1C1=CC(=O)NC1=O. The highest BCUT2D eigenvalue weighted by Crippen LogP contribution is 2.24. The number of hydrogen-bond acceptors (Lipinski definition) is 2. The Kier molecular flexibility index (Phi) is 2.32. The number of amides is 2. The summed E-state index contributed by atoms with van der Waals surface area (Å²) >= 11 is 5.84. The molecule has 1 aliphatic heterocycles. The third kappa shape index (κ3) is 1.78. The maximum Gasteiger partial charge on any atom is 0.258 e. The van der Waals surface area contributed by atoms with Crippen LogP contribution in [0.4, 0.5) is 0 Å². The van der Waals surface area contributed by atoms with Crippen LogP contribution < -0.4 is 5.32 Å². The lowest BCUT2D eigenvalue weighted by Crippen LogP contribution is -2.21. The zero-order valence-electron chi connectivity index (χ0n) is 8.00. The molecule has 2 rings (SSSR count). The van der Waals surface area contributed by atoms with Gasteiger partial charge in [-0.15, -0.1) is 0 Å². The van der Waals surface area contributed by atoms with Crippen LogP contribution in [0.1, 0.15) is 11.1 Å². The minimum Gasteiger partial charge on any atom is -0.289 e. The van der Waals surface area contributed by atoms with Crippen molar-refractivity contribution in [1.29, 1.82) is 0 Å². The first-order valence-electron chi connectivity index (χ1n) is 4.41. The monoisotopic (exact) mass is 221 g/mol. The second-order valence-corrected chi connectivity index (χ2v) is 3.77. The van der Waals surface area contributed by atoms with Crippen LogP contribution in [0.25, 0.3) is 5.57 Å². The highest BCUT2D eigenvalue weighted by atomic mass is 35.5. The molecule has 0 aliphatic carbocycles. The maximum absolute atomic E-state index is 11.4. The van der Waals surface area contributed by atoms with Crippen molar-refractivity contribution in [2.75, 3.05) is 0 Å². The van der Waals surface area contributed by atoms with E-state index in [-0.39, 0.29) is 11.8 Å². The summed E-state index contributed by atoms with van der Waals surface area (Å²) in [6, 6.07) is 5.24. The van der Waals surface area contributed by atoms with Gasteiger partial charge in [0.05, 0.1) is 5.57 Å². The van der Waals surface area contributed by atoms with Crippen LogP contribution in [0, 0.1) is 6.92 Å². The molecular formula is C11H8ClNO2. The molecule has 0 spiro atoms. The number of aryl methyl sites for hydroxylation is 1. The zero-order valence-corrected chi connectivity index (χ0v) is 8.76. The van der Waals surface area contributed by atoms with Gasteiger partial charge in [-0.1, -0.05) is 17.7 Å². The molecule has 1 aromatic rings. The van der Waals surface area contributed by atoms with Crippen molar-refractivity contribution in [3.05, 3.63) is 40.4 Å². The van der Waals surface area contributed by atoms with E-state index in [0.717, 1.165) is 5.56 Å². The van der Waals surface area contributed by atoms with E-state index in [1.807, 2.05) is 13.0 Å². The summed E-state index contributed by atoms with van der Waals surface area (Å²) in [6.07, 6.45) is 1.29. The van der Waals surface area contributed by atoms with Crippen LogP contribution in [-0.2, 0) is 9.59 Å². The number of carbonyl (C=O) groups excluding carboxylic acids is 2. The van der Waals surface area contributed by atoms with Gasteiger partial charge in [-0.2, -0.15) is 0 Å². The lowest BCUT2D eigenvalue weighted by atomic mass is 10.0. The van der Waals surface area contributed by atoms with Crippen molar-refractivity contribution in [3.63, 3.8) is 0 Å². The molecule has 0 saturated carbocycles. The Morgan fingerprint density at radius 1 is 1.27 bits per heavy atom. The average Bonchev–Trinajstić information content (AvgIpc) is 2.50. The fraction of sp³-hybridized carbons (Fsp3) is 0.0909. The van der Waals surface area contributed by atoms with Crippen molar-refractivity contribution in [1.82, 2.24) is 5.32 Å². The third-order valence-electron chi connectivity index (χ3n) is 2.25. The molecule has 1 aromatic carbocycles. The molecule has 2 amide bonds. The molecular weight excluding hydrogens is 214 g/mol. The topological polar surface area (TPSA) is 46.2 Å². The largest absolute Gasteiger partial charge is 0.289 e. The van der Waals surface area contributed by atoms with E-state index in [2.05, 4.69) is 5.32 Å². The number of halogens is 1. The lowest BCUT2D eigenvalue weighted by Gasteiger charge is -2.05. The first kappa shape index (κ1) is 9.93. The zero-order chi connectivity index (χ0) is 11.0. The highest BCUT2D eigenvalue weighted by Gasteiger charge is 2.23. The molecule has 1 aliphatic rings. The van der Waals surface area contributed by atoms with Gasteiger partial charge < -0.3 is 0 Å². The fourth-order valence-electron chi connectivity index (χ4n) is 1.50. The Bertz CT molecular complexity index is 491. The molecule has 0 aromatic heterocycles. The minimum absolute atomic E-state index is 0.370. The van der Waals surface area contributed by atoms with E-state index in [0.29, 0.717) is 16.2 Å². The second-order valence-electron chi connectivity index (χ2n) is 3.34. The average molecular weight is 222 g/mol. The number of carbonyl (C=O) groups is 2. The standard InChI is InChI=1S/C11H8ClNO2/c1-6-2-3-7(12)4-8(6)9-5-10(14)13-11(9)15/h2-5H,1H3,(H,13,14,15). The van der Waals surface area contributed by atoms with Crippen molar-refractivity contribution in [2.24, 2.45) is 0 Å². The van der Waals surface area contributed by atoms with Crippen LogP contribution in [0.3, 0.4) is 0 Å². The Labute approximate surface area is 91.7 Å². The molecule has 0 saturated heterocycles. The highest BCUT2D eigenvalue weighted by molar-refractivity contribution is 6.35. The predicted molar refractivity (Wildman–Crippen MR) is 57.3 cm³/mol. The van der Waals surface area contributed by atoms with Gasteiger partial charge in [0.25, 0.3) is 11.8 Å². The lowest BCUT2D eigenvalue weighted by molar-refractivity contribution is -0.123. The molecule has 0 fully saturated rings. The minimum atomic E-state index is -0.380. The predicted octanol–water partition coefficient (Wildman–Crippen LogP) is 1.69. The van der Waals surface area contributed by atoms with Gasteiger partial charge in [-0.05, 0) is 30.2 Å². The molecule has 0 bridgehead atoms. The van der Waals surface area contributed by atoms with Gasteiger partial charge in [-0.25, -0.2) is 0 Å². The summed E-state index contributed by atoms with van der Waals surface area (Å²) in [4.78, 5) is 22.4. The Balaban J connectivity index is 2.54. The van der Waals surface area contributed by atoms with Gasteiger partial charge in [0.2, 0.25) is 0 Å². The summed E-state index contributed by atoms with van der Waals surface area (Å²) in [7, 11) is 0. The summed E-state index contributed by atoms with van der Waals surface area (Å²) in [6.45, 7) is 1.86. The van der Waals surface area contributed by atoms with Gasteiger partial charge in [0, 0.05) is 11.1 Å². The van der Waals surface area contributed by atoms with Crippen molar-refractivity contribution in [2.45, 2.75) is 6.92 Å². The summed E-state index contributed by atoms with van der Waals surface area (Å²) in [5.74, 6) is -0.750. The van der Waals surface area contributed by atoms with E-state index >= 15 is 0 Å². The molecule has 4 heteroatoms. The molecule has 1 heterocycles. The smallest absolute Gasteiger partial charge is 0.258 e. The van der Waals surface area contributed by atoms with Crippen LogP contribution in [-0.4, -0.2) is 11.8 Å². The van der Waals surface area contributed by atoms with Crippen LogP contribution in [0.15, 0.2) is 24.3 Å². The van der Waals surface area contributed by atoms with E-state index in [9.17, 15) is 9.59 Å². The number of imide groups is 1. The fourth-order valence-corrected chi connectivity index (χ4v) is 1.67. The molecule has 15 heavy (non-hydrogen) atoms. The first-order chi connectivity index (χ1) is 7.08.